The van der Waals surface area contributed by atoms with Crippen molar-refractivity contribution in [3.63, 3.8) is 0 Å². The van der Waals surface area contributed by atoms with Gasteiger partial charge < -0.3 is 0 Å². The van der Waals surface area contributed by atoms with E-state index in [0.717, 1.165) is 5.56 Å². The summed E-state index contributed by atoms with van der Waals surface area (Å²) >= 11 is 0. The predicted octanol–water partition coefficient (Wildman–Crippen LogP) is 3.05. The Morgan fingerprint density at radius 3 is 2.44 bits per heavy atom. The third kappa shape index (κ3) is 2.57. The maximum Gasteiger partial charge on any atom is 0.294 e. The second-order valence-electron chi connectivity index (χ2n) is 3.96. The molecule has 0 radical (unpaired) electrons. The number of rotatable bonds is 2. The summed E-state index contributed by atoms with van der Waals surface area (Å²) in [6.45, 7) is 1.79. The van der Waals surface area contributed by atoms with Crippen LogP contribution in [0, 0.1) is 12.7 Å². The molecule has 5 heteroatoms. The van der Waals surface area contributed by atoms with Crippen LogP contribution in [0.5, 0.6) is 0 Å². The minimum atomic E-state index is -4.25. The lowest BCUT2D eigenvalue weighted by molar-refractivity contribution is 0.483. The molecule has 1 N–H and O–H groups in total. The van der Waals surface area contributed by atoms with Crippen molar-refractivity contribution in [3.8, 4) is 11.1 Å². The van der Waals surface area contributed by atoms with E-state index in [1.54, 1.807) is 25.1 Å². The first kappa shape index (κ1) is 12.7. The van der Waals surface area contributed by atoms with E-state index in [-0.39, 0.29) is 4.90 Å². The first-order valence-corrected chi connectivity index (χ1v) is 6.66. The maximum absolute atomic E-state index is 13.2. The van der Waals surface area contributed by atoms with E-state index in [1.807, 2.05) is 0 Å². The fraction of sp³-hybridized carbons (Fsp3) is 0.0769. The second kappa shape index (κ2) is 4.51. The lowest BCUT2D eigenvalue weighted by atomic mass is 10.0. The molecular weight excluding hydrogens is 255 g/mol. The lowest BCUT2D eigenvalue weighted by Gasteiger charge is -2.08. The highest BCUT2D eigenvalue weighted by molar-refractivity contribution is 7.85. The summed E-state index contributed by atoms with van der Waals surface area (Å²) < 4.78 is 44.3. The molecule has 0 heterocycles. The van der Waals surface area contributed by atoms with E-state index in [9.17, 15) is 12.8 Å². The molecule has 3 nitrogen and oxygen atoms in total. The highest BCUT2D eigenvalue weighted by Crippen LogP contribution is 2.26. The van der Waals surface area contributed by atoms with E-state index in [2.05, 4.69) is 0 Å². The molecule has 0 aromatic heterocycles. The van der Waals surface area contributed by atoms with Crippen molar-refractivity contribution >= 4 is 10.1 Å². The highest BCUT2D eigenvalue weighted by atomic mass is 32.2. The van der Waals surface area contributed by atoms with Crippen LogP contribution in [0.25, 0.3) is 11.1 Å². The van der Waals surface area contributed by atoms with Gasteiger partial charge in [0.2, 0.25) is 0 Å². The lowest BCUT2D eigenvalue weighted by Crippen LogP contribution is -1.99. The van der Waals surface area contributed by atoms with Gasteiger partial charge in [0.15, 0.2) is 0 Å². The van der Waals surface area contributed by atoms with E-state index >= 15 is 0 Å². The van der Waals surface area contributed by atoms with Crippen LogP contribution in [-0.4, -0.2) is 13.0 Å². The van der Waals surface area contributed by atoms with Gasteiger partial charge in [-0.25, -0.2) is 4.39 Å². The Hall–Kier alpha value is -1.72. The fourth-order valence-electron chi connectivity index (χ4n) is 1.73. The van der Waals surface area contributed by atoms with Gasteiger partial charge in [0.05, 0.1) is 4.90 Å². The van der Waals surface area contributed by atoms with Crippen molar-refractivity contribution in [1.82, 2.24) is 0 Å². The van der Waals surface area contributed by atoms with E-state index in [4.69, 9.17) is 4.55 Å². The Bertz CT molecular complexity index is 693. The van der Waals surface area contributed by atoms with Crippen LogP contribution in [-0.2, 0) is 10.1 Å². The summed E-state index contributed by atoms with van der Waals surface area (Å²) in [4.78, 5) is -0.202. The molecule has 0 saturated heterocycles. The van der Waals surface area contributed by atoms with Crippen LogP contribution >= 0.6 is 0 Å². The summed E-state index contributed by atoms with van der Waals surface area (Å²) in [5.41, 5.74) is 1.94. The molecule has 94 valence electrons. The average molecular weight is 266 g/mol. The molecule has 2 aromatic rings. The average Bonchev–Trinajstić information content (AvgIpc) is 2.28. The first-order valence-electron chi connectivity index (χ1n) is 5.22. The van der Waals surface area contributed by atoms with Gasteiger partial charge in [-0.1, -0.05) is 18.2 Å². The van der Waals surface area contributed by atoms with Gasteiger partial charge in [0.1, 0.15) is 5.82 Å². The molecule has 0 aliphatic rings. The largest absolute Gasteiger partial charge is 0.294 e. The summed E-state index contributed by atoms with van der Waals surface area (Å²) in [5.74, 6) is -0.399. The molecule has 2 rings (SSSR count). The Morgan fingerprint density at radius 2 is 1.83 bits per heavy atom. The molecule has 0 aliphatic heterocycles. The molecule has 2 aromatic carbocycles. The molecule has 0 aliphatic carbocycles. The van der Waals surface area contributed by atoms with Crippen LogP contribution in [0.2, 0.25) is 0 Å². The highest BCUT2D eigenvalue weighted by Gasteiger charge is 2.12. The number of halogens is 1. The van der Waals surface area contributed by atoms with Gasteiger partial charge >= 0.3 is 0 Å². The van der Waals surface area contributed by atoms with Crippen LogP contribution in [0.1, 0.15) is 5.56 Å². The second-order valence-corrected chi connectivity index (χ2v) is 5.38. The Kier molecular flexibility index (Phi) is 3.19. The molecule has 0 fully saturated rings. The van der Waals surface area contributed by atoms with Crippen molar-refractivity contribution in [3.05, 3.63) is 53.8 Å². The van der Waals surface area contributed by atoms with Crippen molar-refractivity contribution in [2.24, 2.45) is 0 Å². The molecule has 0 saturated carbocycles. The van der Waals surface area contributed by atoms with Gasteiger partial charge in [-0.2, -0.15) is 8.42 Å². The topological polar surface area (TPSA) is 54.4 Å². The molecule has 0 spiro atoms. The molecule has 0 atom stereocenters. The Labute approximate surface area is 105 Å². The van der Waals surface area contributed by atoms with Gasteiger partial charge in [-0.05, 0) is 47.9 Å². The van der Waals surface area contributed by atoms with Crippen molar-refractivity contribution in [2.75, 3.05) is 0 Å². The smallest absolute Gasteiger partial charge is 0.282 e. The van der Waals surface area contributed by atoms with Crippen molar-refractivity contribution in [2.45, 2.75) is 11.8 Å². The van der Waals surface area contributed by atoms with Crippen molar-refractivity contribution < 1.29 is 17.4 Å². The normalized spacial score (nSPS) is 11.5. The maximum atomic E-state index is 13.2. The number of aryl methyl sites for hydroxylation is 1. The van der Waals surface area contributed by atoms with E-state index < -0.39 is 15.9 Å². The minimum absolute atomic E-state index is 0.202. The zero-order valence-electron chi connectivity index (χ0n) is 9.59. The van der Waals surface area contributed by atoms with Crippen LogP contribution in [0.4, 0.5) is 4.39 Å². The number of hydrogen-bond donors (Lipinski definition) is 1. The zero-order valence-corrected chi connectivity index (χ0v) is 10.4. The summed E-state index contributed by atoms with van der Waals surface area (Å²) in [7, 11) is -4.25. The third-order valence-electron chi connectivity index (χ3n) is 2.64. The Morgan fingerprint density at radius 1 is 1.11 bits per heavy atom. The van der Waals surface area contributed by atoms with Crippen LogP contribution in [0.3, 0.4) is 0 Å². The first-order chi connectivity index (χ1) is 8.38. The third-order valence-corrected chi connectivity index (χ3v) is 3.49. The zero-order chi connectivity index (χ0) is 13.3. The van der Waals surface area contributed by atoms with Gasteiger partial charge in [-0.3, -0.25) is 4.55 Å². The molecule has 0 bridgehead atoms. The summed E-state index contributed by atoms with van der Waals surface area (Å²) in [6.07, 6.45) is 0. The number of benzene rings is 2. The fourth-order valence-corrected chi connectivity index (χ4v) is 2.24. The quantitative estimate of drug-likeness (QED) is 0.850. The van der Waals surface area contributed by atoms with Crippen LogP contribution < -0.4 is 0 Å². The van der Waals surface area contributed by atoms with E-state index in [0.29, 0.717) is 11.1 Å². The van der Waals surface area contributed by atoms with Gasteiger partial charge in [0, 0.05) is 0 Å². The predicted molar refractivity (Wildman–Crippen MR) is 66.4 cm³/mol. The molecule has 0 unspecified atom stereocenters. The Balaban J connectivity index is 2.64. The molecule has 18 heavy (non-hydrogen) atoms. The summed E-state index contributed by atoms with van der Waals surface area (Å²) in [6, 6.07) is 10.1. The van der Waals surface area contributed by atoms with Crippen molar-refractivity contribution in [1.29, 1.82) is 0 Å². The minimum Gasteiger partial charge on any atom is -0.282 e. The monoisotopic (exact) mass is 266 g/mol. The number of hydrogen-bond acceptors (Lipinski definition) is 2. The molecular formula is C13H11FO3S. The van der Waals surface area contributed by atoms with Gasteiger partial charge in [-0.15, -0.1) is 0 Å². The SMILES string of the molecule is Cc1ccc(S(=O)(=O)O)cc1-c1cccc(F)c1. The standard InChI is InChI=1S/C13H11FO3S/c1-9-5-6-12(18(15,16)17)8-13(9)10-3-2-4-11(14)7-10/h2-8H,1H3,(H,15,16,17). The van der Waals surface area contributed by atoms with Crippen LogP contribution in [0.15, 0.2) is 47.4 Å². The van der Waals surface area contributed by atoms with Gasteiger partial charge in [0.25, 0.3) is 10.1 Å². The molecule has 0 amide bonds. The summed E-state index contributed by atoms with van der Waals surface area (Å²) in [5, 5.41) is 0. The van der Waals surface area contributed by atoms with E-state index in [1.165, 1.54) is 24.3 Å².